The first kappa shape index (κ1) is 18.7. The number of carbonyl (C=O) groups excluding carboxylic acids is 1. The van der Waals surface area contributed by atoms with Gasteiger partial charge in [-0.15, -0.1) is 12.4 Å². The second-order valence-electron chi connectivity index (χ2n) is 4.50. The quantitative estimate of drug-likeness (QED) is 0.647. The standard InChI is InChI=1S/C15H14Cl2N2O2.ClH/c16-13-6-10(7-14(17)19-13)9-21-15(20)8-12(18)11-4-2-1-3-5-11;/h1-7,12H,8-9,18H2;1H/t12-;/m0./s1. The zero-order chi connectivity index (χ0) is 15.2. The summed E-state index contributed by atoms with van der Waals surface area (Å²) in [7, 11) is 0. The maximum atomic E-state index is 11.8. The van der Waals surface area contributed by atoms with Crippen LogP contribution in [0.3, 0.4) is 0 Å². The van der Waals surface area contributed by atoms with Gasteiger partial charge in [-0.25, -0.2) is 4.98 Å². The van der Waals surface area contributed by atoms with E-state index < -0.39 is 0 Å². The maximum Gasteiger partial charge on any atom is 0.308 e. The van der Waals surface area contributed by atoms with Crippen LogP contribution in [0.1, 0.15) is 23.6 Å². The van der Waals surface area contributed by atoms with Crippen LogP contribution in [0.25, 0.3) is 0 Å². The van der Waals surface area contributed by atoms with Crippen molar-refractivity contribution in [1.29, 1.82) is 0 Å². The predicted molar refractivity (Wildman–Crippen MR) is 89.3 cm³/mol. The van der Waals surface area contributed by atoms with Gasteiger partial charge in [0.2, 0.25) is 0 Å². The number of nitrogens with two attached hydrogens (primary N) is 1. The third kappa shape index (κ3) is 5.81. The molecule has 0 radical (unpaired) electrons. The van der Waals surface area contributed by atoms with E-state index in [1.165, 1.54) is 0 Å². The zero-order valence-corrected chi connectivity index (χ0v) is 13.9. The Morgan fingerprint density at radius 2 is 1.77 bits per heavy atom. The summed E-state index contributed by atoms with van der Waals surface area (Å²) in [4.78, 5) is 15.6. The fourth-order valence-corrected chi connectivity index (χ4v) is 2.32. The smallest absolute Gasteiger partial charge is 0.308 e. The SMILES string of the molecule is Cl.N[C@@H](CC(=O)OCc1cc(Cl)nc(Cl)c1)c1ccccc1. The van der Waals surface area contributed by atoms with Gasteiger partial charge >= 0.3 is 5.97 Å². The minimum atomic E-state index is -0.386. The number of carbonyl (C=O) groups is 1. The predicted octanol–water partition coefficient (Wildman–Crippen LogP) is 3.94. The summed E-state index contributed by atoms with van der Waals surface area (Å²) in [5.74, 6) is -0.379. The van der Waals surface area contributed by atoms with Crippen LogP contribution in [0.4, 0.5) is 0 Å². The molecular weight excluding hydrogens is 347 g/mol. The van der Waals surface area contributed by atoms with Crippen molar-refractivity contribution in [3.05, 3.63) is 63.9 Å². The van der Waals surface area contributed by atoms with Crippen LogP contribution >= 0.6 is 35.6 Å². The number of rotatable bonds is 5. The van der Waals surface area contributed by atoms with Crippen LogP contribution in [-0.4, -0.2) is 11.0 Å². The molecular formula is C15H15Cl3N2O2. The lowest BCUT2D eigenvalue weighted by molar-refractivity contribution is -0.145. The van der Waals surface area contributed by atoms with Crippen molar-refractivity contribution in [3.8, 4) is 0 Å². The van der Waals surface area contributed by atoms with E-state index in [0.717, 1.165) is 5.56 Å². The van der Waals surface area contributed by atoms with Gasteiger partial charge in [0.1, 0.15) is 16.9 Å². The molecule has 1 atom stereocenters. The lowest BCUT2D eigenvalue weighted by Crippen LogP contribution is -2.17. The van der Waals surface area contributed by atoms with Crippen LogP contribution in [0.5, 0.6) is 0 Å². The molecule has 0 aliphatic rings. The Bertz CT molecular complexity index is 603. The lowest BCUT2D eigenvalue weighted by atomic mass is 10.1. The van der Waals surface area contributed by atoms with Gasteiger partial charge in [0, 0.05) is 6.04 Å². The van der Waals surface area contributed by atoms with Gasteiger partial charge in [-0.1, -0.05) is 53.5 Å². The summed E-state index contributed by atoms with van der Waals surface area (Å²) >= 11 is 11.5. The zero-order valence-electron chi connectivity index (χ0n) is 11.5. The van der Waals surface area contributed by atoms with Gasteiger partial charge in [0.15, 0.2) is 0 Å². The van der Waals surface area contributed by atoms with Crippen molar-refractivity contribution in [2.75, 3.05) is 0 Å². The van der Waals surface area contributed by atoms with Crippen molar-refractivity contribution in [3.63, 3.8) is 0 Å². The Balaban J connectivity index is 0.00000242. The molecule has 2 N–H and O–H groups in total. The Kier molecular flexibility index (Phi) is 7.62. The topological polar surface area (TPSA) is 65.2 Å². The Labute approximate surface area is 145 Å². The molecule has 0 saturated heterocycles. The summed E-state index contributed by atoms with van der Waals surface area (Å²) in [5.41, 5.74) is 7.54. The summed E-state index contributed by atoms with van der Waals surface area (Å²) in [5, 5.41) is 0.518. The van der Waals surface area contributed by atoms with E-state index >= 15 is 0 Å². The van der Waals surface area contributed by atoms with E-state index in [9.17, 15) is 4.79 Å². The van der Waals surface area contributed by atoms with Gasteiger partial charge in [-0.05, 0) is 23.3 Å². The van der Waals surface area contributed by atoms with Crippen molar-refractivity contribution < 1.29 is 9.53 Å². The summed E-state index contributed by atoms with van der Waals surface area (Å²) in [6.07, 6.45) is 0.108. The van der Waals surface area contributed by atoms with E-state index in [-0.39, 0.29) is 47.8 Å². The molecule has 0 bridgehead atoms. The number of hydrogen-bond donors (Lipinski definition) is 1. The van der Waals surface area contributed by atoms with Crippen molar-refractivity contribution in [2.24, 2.45) is 5.73 Å². The van der Waals surface area contributed by atoms with Crippen LogP contribution in [0.2, 0.25) is 10.3 Å². The number of halogens is 3. The minimum absolute atomic E-state index is 0. The van der Waals surface area contributed by atoms with E-state index in [4.69, 9.17) is 33.7 Å². The highest BCUT2D eigenvalue weighted by atomic mass is 35.5. The molecule has 118 valence electrons. The van der Waals surface area contributed by atoms with Crippen molar-refractivity contribution >= 4 is 41.6 Å². The molecule has 0 aliphatic heterocycles. The third-order valence-corrected chi connectivity index (χ3v) is 3.22. The van der Waals surface area contributed by atoms with E-state index in [2.05, 4.69) is 4.98 Å². The van der Waals surface area contributed by atoms with Gasteiger partial charge in [-0.3, -0.25) is 4.79 Å². The van der Waals surface area contributed by atoms with Crippen molar-refractivity contribution in [2.45, 2.75) is 19.1 Å². The monoisotopic (exact) mass is 360 g/mol. The fourth-order valence-electron chi connectivity index (χ4n) is 1.82. The molecule has 4 nitrogen and oxygen atoms in total. The largest absolute Gasteiger partial charge is 0.461 e. The highest BCUT2D eigenvalue weighted by Gasteiger charge is 2.13. The maximum absolute atomic E-state index is 11.8. The number of ether oxygens (including phenoxy) is 1. The number of esters is 1. The molecule has 0 fully saturated rings. The van der Waals surface area contributed by atoms with E-state index in [1.807, 2.05) is 30.3 Å². The lowest BCUT2D eigenvalue weighted by Gasteiger charge is -2.11. The van der Waals surface area contributed by atoms with Gasteiger partial charge in [-0.2, -0.15) is 0 Å². The Hall–Kier alpha value is -1.33. The minimum Gasteiger partial charge on any atom is -0.461 e. The van der Waals surface area contributed by atoms with Crippen molar-refractivity contribution in [1.82, 2.24) is 4.98 Å². The molecule has 0 unspecified atom stereocenters. The number of hydrogen-bond acceptors (Lipinski definition) is 4. The van der Waals surface area contributed by atoms with Crippen LogP contribution < -0.4 is 5.73 Å². The summed E-state index contributed by atoms with van der Waals surface area (Å²) in [6, 6.07) is 12.2. The summed E-state index contributed by atoms with van der Waals surface area (Å²) < 4.78 is 5.17. The van der Waals surface area contributed by atoms with Crippen LogP contribution in [-0.2, 0) is 16.1 Å². The van der Waals surface area contributed by atoms with E-state index in [1.54, 1.807) is 12.1 Å². The van der Waals surface area contributed by atoms with Gasteiger partial charge in [0.05, 0.1) is 6.42 Å². The first-order chi connectivity index (χ1) is 10.0. The number of aromatic nitrogens is 1. The van der Waals surface area contributed by atoms with E-state index in [0.29, 0.717) is 5.56 Å². The average Bonchev–Trinajstić information content (AvgIpc) is 2.45. The molecule has 2 aromatic rings. The molecule has 1 heterocycles. The fraction of sp³-hybridized carbons (Fsp3) is 0.200. The molecule has 22 heavy (non-hydrogen) atoms. The molecule has 0 saturated carbocycles. The molecule has 0 aliphatic carbocycles. The Morgan fingerprint density at radius 3 is 2.36 bits per heavy atom. The number of nitrogens with zero attached hydrogens (tertiary/aromatic N) is 1. The summed E-state index contributed by atoms with van der Waals surface area (Å²) in [6.45, 7) is 0.0856. The molecule has 7 heteroatoms. The van der Waals surface area contributed by atoms with Gasteiger partial charge in [0.25, 0.3) is 0 Å². The second kappa shape index (κ2) is 8.96. The molecule has 0 amide bonds. The molecule has 1 aromatic carbocycles. The highest BCUT2D eigenvalue weighted by molar-refractivity contribution is 6.32. The normalized spacial score (nSPS) is 11.4. The number of benzene rings is 1. The second-order valence-corrected chi connectivity index (χ2v) is 5.28. The third-order valence-electron chi connectivity index (χ3n) is 2.84. The molecule has 1 aromatic heterocycles. The highest BCUT2D eigenvalue weighted by Crippen LogP contribution is 2.17. The molecule has 0 spiro atoms. The number of pyridine rings is 1. The Morgan fingerprint density at radius 1 is 1.18 bits per heavy atom. The van der Waals surface area contributed by atoms with Crippen LogP contribution in [0.15, 0.2) is 42.5 Å². The van der Waals surface area contributed by atoms with Crippen LogP contribution in [0, 0.1) is 0 Å². The first-order valence-corrected chi connectivity index (χ1v) is 7.08. The first-order valence-electron chi connectivity index (χ1n) is 6.32. The average molecular weight is 362 g/mol. The molecule has 2 rings (SSSR count). The van der Waals surface area contributed by atoms with Gasteiger partial charge < -0.3 is 10.5 Å².